The maximum Gasteiger partial charge on any atom is 0.234 e. The molecule has 1 aliphatic rings. The van der Waals surface area contributed by atoms with Crippen LogP contribution in [-0.4, -0.2) is 50.7 Å². The number of rotatable bonds is 6. The predicted molar refractivity (Wildman–Crippen MR) is 64.3 cm³/mol. The van der Waals surface area contributed by atoms with Gasteiger partial charge in [0.2, 0.25) is 5.91 Å². The van der Waals surface area contributed by atoms with Crippen molar-refractivity contribution in [1.29, 1.82) is 0 Å². The minimum Gasteiger partial charge on any atom is -0.384 e. The second-order valence-electron chi connectivity index (χ2n) is 4.55. The van der Waals surface area contributed by atoms with Gasteiger partial charge in [0.1, 0.15) is 0 Å². The molecule has 94 valence electrons. The summed E-state index contributed by atoms with van der Waals surface area (Å²) in [5.41, 5.74) is 0. The second kappa shape index (κ2) is 7.63. The third-order valence-electron chi connectivity index (χ3n) is 2.94. The average Bonchev–Trinajstić information content (AvgIpc) is 2.27. The summed E-state index contributed by atoms with van der Waals surface area (Å²) in [5.74, 6) is 0.748. The van der Waals surface area contributed by atoms with Crippen molar-refractivity contribution in [3.63, 3.8) is 0 Å². The van der Waals surface area contributed by atoms with Gasteiger partial charge in [0.15, 0.2) is 0 Å². The number of hydrogen-bond acceptors (Lipinski definition) is 3. The molecule has 16 heavy (non-hydrogen) atoms. The summed E-state index contributed by atoms with van der Waals surface area (Å²) in [4.78, 5) is 13.8. The molecular weight excluding hydrogens is 204 g/mol. The summed E-state index contributed by atoms with van der Waals surface area (Å²) in [6.45, 7) is 6.24. The van der Waals surface area contributed by atoms with E-state index in [-0.39, 0.29) is 5.91 Å². The first-order chi connectivity index (χ1) is 7.76. The van der Waals surface area contributed by atoms with E-state index in [4.69, 9.17) is 4.74 Å². The van der Waals surface area contributed by atoms with Crippen LogP contribution in [0.1, 0.15) is 26.2 Å². The topological polar surface area (TPSA) is 41.6 Å². The number of carbonyl (C=O) groups excluding carboxylic acids is 1. The molecule has 1 atom stereocenters. The molecule has 1 aliphatic heterocycles. The van der Waals surface area contributed by atoms with Crippen molar-refractivity contribution in [2.75, 3.05) is 39.9 Å². The molecule has 0 spiro atoms. The Kier molecular flexibility index (Phi) is 6.42. The highest BCUT2D eigenvalue weighted by Gasteiger charge is 2.21. The van der Waals surface area contributed by atoms with Gasteiger partial charge in [0, 0.05) is 20.2 Å². The van der Waals surface area contributed by atoms with E-state index in [1.807, 2.05) is 0 Å². The van der Waals surface area contributed by atoms with Gasteiger partial charge in [0.05, 0.1) is 13.2 Å². The zero-order chi connectivity index (χ0) is 11.8. The minimum atomic E-state index is 0.153. The fourth-order valence-corrected chi connectivity index (χ4v) is 2.19. The van der Waals surface area contributed by atoms with Crippen LogP contribution in [-0.2, 0) is 9.53 Å². The maximum absolute atomic E-state index is 11.6. The van der Waals surface area contributed by atoms with Crippen molar-refractivity contribution in [3.05, 3.63) is 0 Å². The molecule has 0 bridgehead atoms. The maximum atomic E-state index is 11.6. The monoisotopic (exact) mass is 228 g/mol. The van der Waals surface area contributed by atoms with Gasteiger partial charge in [-0.1, -0.05) is 6.92 Å². The van der Waals surface area contributed by atoms with E-state index >= 15 is 0 Å². The molecule has 0 aliphatic carbocycles. The highest BCUT2D eigenvalue weighted by atomic mass is 16.5. The molecule has 0 unspecified atom stereocenters. The number of nitrogens with one attached hydrogen (secondary N) is 1. The quantitative estimate of drug-likeness (QED) is 0.733. The summed E-state index contributed by atoms with van der Waals surface area (Å²) in [6.07, 6.45) is 3.40. The van der Waals surface area contributed by atoms with Gasteiger partial charge in [-0.05, 0) is 31.7 Å². The molecule has 1 rings (SSSR count). The van der Waals surface area contributed by atoms with E-state index in [1.54, 1.807) is 7.11 Å². The zero-order valence-electron chi connectivity index (χ0n) is 10.5. The zero-order valence-corrected chi connectivity index (χ0v) is 10.5. The largest absolute Gasteiger partial charge is 0.384 e. The molecule has 1 amide bonds. The summed E-state index contributed by atoms with van der Waals surface area (Å²) in [6, 6.07) is 0. The lowest BCUT2D eigenvalue weighted by Gasteiger charge is -2.31. The Morgan fingerprint density at radius 3 is 3.06 bits per heavy atom. The SMILES string of the molecule is CCCNC(=O)CN1CCC[C@H](COC)C1. The van der Waals surface area contributed by atoms with Crippen LogP contribution in [0.2, 0.25) is 0 Å². The van der Waals surface area contributed by atoms with Crippen LogP contribution in [0.5, 0.6) is 0 Å². The number of methoxy groups -OCH3 is 1. The first-order valence-corrected chi connectivity index (χ1v) is 6.24. The van der Waals surface area contributed by atoms with E-state index in [9.17, 15) is 4.79 Å². The molecule has 1 N–H and O–H groups in total. The fourth-order valence-electron chi connectivity index (χ4n) is 2.19. The van der Waals surface area contributed by atoms with Crippen molar-refractivity contribution in [2.24, 2.45) is 5.92 Å². The van der Waals surface area contributed by atoms with Crippen LogP contribution in [0.25, 0.3) is 0 Å². The molecule has 0 aromatic rings. The third-order valence-corrected chi connectivity index (χ3v) is 2.94. The number of nitrogens with zero attached hydrogens (tertiary/aromatic N) is 1. The highest BCUT2D eigenvalue weighted by Crippen LogP contribution is 2.15. The van der Waals surface area contributed by atoms with Crippen molar-refractivity contribution in [3.8, 4) is 0 Å². The van der Waals surface area contributed by atoms with Crippen LogP contribution >= 0.6 is 0 Å². The van der Waals surface area contributed by atoms with Crippen molar-refractivity contribution in [2.45, 2.75) is 26.2 Å². The Balaban J connectivity index is 2.22. The van der Waals surface area contributed by atoms with Crippen LogP contribution in [0, 0.1) is 5.92 Å². The molecule has 4 nitrogen and oxygen atoms in total. The van der Waals surface area contributed by atoms with Crippen molar-refractivity contribution >= 4 is 5.91 Å². The first kappa shape index (κ1) is 13.5. The van der Waals surface area contributed by atoms with Crippen LogP contribution in [0.3, 0.4) is 0 Å². The fraction of sp³-hybridized carbons (Fsp3) is 0.917. The molecule has 1 saturated heterocycles. The van der Waals surface area contributed by atoms with Gasteiger partial charge in [0.25, 0.3) is 0 Å². The third kappa shape index (κ3) is 4.94. The second-order valence-corrected chi connectivity index (χ2v) is 4.55. The lowest BCUT2D eigenvalue weighted by Crippen LogP contribution is -2.43. The molecule has 1 fully saturated rings. The van der Waals surface area contributed by atoms with Gasteiger partial charge in [-0.25, -0.2) is 0 Å². The van der Waals surface area contributed by atoms with Crippen LogP contribution < -0.4 is 5.32 Å². The minimum absolute atomic E-state index is 0.153. The Bertz CT molecular complexity index is 207. The van der Waals surface area contributed by atoms with Crippen molar-refractivity contribution in [1.82, 2.24) is 10.2 Å². The molecule has 1 heterocycles. The van der Waals surface area contributed by atoms with Gasteiger partial charge < -0.3 is 10.1 Å². The summed E-state index contributed by atoms with van der Waals surface area (Å²) >= 11 is 0. The number of ether oxygens (including phenoxy) is 1. The number of amides is 1. The molecular formula is C12H24N2O2. The number of carbonyl (C=O) groups is 1. The van der Waals surface area contributed by atoms with Crippen LogP contribution in [0.15, 0.2) is 0 Å². The predicted octanol–water partition coefficient (Wildman–Crippen LogP) is 0.871. The summed E-state index contributed by atoms with van der Waals surface area (Å²) < 4.78 is 5.17. The Labute approximate surface area is 98.3 Å². The molecule has 0 aromatic carbocycles. The first-order valence-electron chi connectivity index (χ1n) is 6.24. The Morgan fingerprint density at radius 2 is 2.38 bits per heavy atom. The van der Waals surface area contributed by atoms with E-state index < -0.39 is 0 Å². The molecule has 4 heteroatoms. The molecule has 0 radical (unpaired) electrons. The van der Waals surface area contributed by atoms with Crippen LogP contribution in [0.4, 0.5) is 0 Å². The van der Waals surface area contributed by atoms with E-state index in [1.165, 1.54) is 12.8 Å². The van der Waals surface area contributed by atoms with Gasteiger partial charge in [-0.3, -0.25) is 9.69 Å². The van der Waals surface area contributed by atoms with E-state index in [0.29, 0.717) is 12.5 Å². The smallest absolute Gasteiger partial charge is 0.234 e. The van der Waals surface area contributed by atoms with E-state index in [2.05, 4.69) is 17.1 Å². The van der Waals surface area contributed by atoms with Gasteiger partial charge in [-0.2, -0.15) is 0 Å². The lowest BCUT2D eigenvalue weighted by atomic mass is 9.99. The molecule has 0 aromatic heterocycles. The Hall–Kier alpha value is -0.610. The van der Waals surface area contributed by atoms with Gasteiger partial charge in [-0.15, -0.1) is 0 Å². The Morgan fingerprint density at radius 1 is 1.56 bits per heavy atom. The number of likely N-dealkylation sites (tertiary alicyclic amines) is 1. The summed E-state index contributed by atoms with van der Waals surface area (Å²) in [7, 11) is 1.74. The standard InChI is InChI=1S/C12H24N2O2/c1-3-6-13-12(15)9-14-7-4-5-11(8-14)10-16-2/h11H,3-10H2,1-2H3,(H,13,15)/t11-/m0/s1. The number of hydrogen-bond donors (Lipinski definition) is 1. The highest BCUT2D eigenvalue weighted by molar-refractivity contribution is 5.77. The molecule has 0 saturated carbocycles. The summed E-state index contributed by atoms with van der Waals surface area (Å²) in [5, 5.41) is 2.91. The normalized spacial score (nSPS) is 22.0. The average molecular weight is 228 g/mol. The van der Waals surface area contributed by atoms with E-state index in [0.717, 1.165) is 32.7 Å². The van der Waals surface area contributed by atoms with Gasteiger partial charge >= 0.3 is 0 Å². The number of piperidine rings is 1. The lowest BCUT2D eigenvalue weighted by molar-refractivity contribution is -0.122. The van der Waals surface area contributed by atoms with Crippen molar-refractivity contribution < 1.29 is 9.53 Å².